The van der Waals surface area contributed by atoms with Crippen LogP contribution in [0, 0.1) is 0 Å². The van der Waals surface area contributed by atoms with Gasteiger partial charge in [0.2, 0.25) is 5.79 Å². The zero-order chi connectivity index (χ0) is 33.8. The van der Waals surface area contributed by atoms with E-state index in [0.717, 1.165) is 0 Å². The summed E-state index contributed by atoms with van der Waals surface area (Å²) in [5, 5.41) is 151. The van der Waals surface area contributed by atoms with Crippen molar-refractivity contribution in [3.8, 4) is 0 Å². The first-order valence-corrected chi connectivity index (χ1v) is 14.0. The van der Waals surface area contributed by atoms with Gasteiger partial charge in [0.25, 0.3) is 0 Å². The normalized spacial score (nSPS) is 45.3. The van der Waals surface area contributed by atoms with Crippen LogP contribution in [0.3, 0.4) is 0 Å². The summed E-state index contributed by atoms with van der Waals surface area (Å²) < 4.78 is 31.9. The van der Waals surface area contributed by atoms with E-state index in [-0.39, 0.29) is 0 Å². The van der Waals surface area contributed by atoms with Crippen LogP contribution >= 0.6 is 0 Å². The van der Waals surface area contributed by atoms with E-state index in [0.29, 0.717) is 0 Å². The Bertz CT molecular complexity index is 884. The molecule has 0 radical (unpaired) electrons. The molecule has 21 nitrogen and oxygen atoms in total. The van der Waals surface area contributed by atoms with Crippen LogP contribution in [0.4, 0.5) is 0 Å². The van der Waals surface area contributed by atoms with Crippen LogP contribution in [0.25, 0.3) is 0 Å². The fourth-order valence-corrected chi connectivity index (χ4v) is 5.08. The lowest BCUT2D eigenvalue weighted by Gasteiger charge is -2.41. The van der Waals surface area contributed by atoms with Gasteiger partial charge in [-0.3, -0.25) is 0 Å². The third-order valence-electron chi connectivity index (χ3n) is 7.91. The van der Waals surface area contributed by atoms with Gasteiger partial charge in [0.1, 0.15) is 98.2 Å². The predicted octanol–water partition coefficient (Wildman–Crippen LogP) is -10.1. The van der Waals surface area contributed by atoms with Crippen LogP contribution in [0.15, 0.2) is 0 Å². The van der Waals surface area contributed by atoms with Gasteiger partial charge in [-0.05, 0) is 0 Å². The summed E-state index contributed by atoms with van der Waals surface area (Å²) in [6.45, 7) is -5.57. The molecule has 21 heteroatoms. The van der Waals surface area contributed by atoms with E-state index in [1.165, 1.54) is 0 Å². The highest BCUT2D eigenvalue weighted by Crippen LogP contribution is 2.36. The molecule has 0 spiro atoms. The van der Waals surface area contributed by atoms with Crippen LogP contribution in [0.5, 0.6) is 0 Å². The summed E-state index contributed by atoms with van der Waals surface area (Å²) in [4.78, 5) is 0. The quantitative estimate of drug-likeness (QED) is 0.0770. The van der Waals surface area contributed by atoms with E-state index in [9.17, 15) is 76.6 Å². The summed E-state index contributed by atoms with van der Waals surface area (Å²) in [7, 11) is 0. The van der Waals surface area contributed by atoms with Gasteiger partial charge in [-0.1, -0.05) is 0 Å². The van der Waals surface area contributed by atoms with Gasteiger partial charge in [-0.15, -0.1) is 0 Å². The van der Waals surface area contributed by atoms with Crippen LogP contribution < -0.4 is 0 Å². The van der Waals surface area contributed by atoms with E-state index >= 15 is 0 Å². The summed E-state index contributed by atoms with van der Waals surface area (Å²) in [6.07, 6.45) is -30.9. The second-order valence-corrected chi connectivity index (χ2v) is 11.0. The van der Waals surface area contributed by atoms with Crippen molar-refractivity contribution in [3.05, 3.63) is 0 Å². The van der Waals surface area contributed by atoms with Gasteiger partial charge < -0.3 is 105 Å². The molecule has 3 aliphatic heterocycles. The smallest absolute Gasteiger partial charge is 0.222 e. The molecule has 3 fully saturated rings. The van der Waals surface area contributed by atoms with Crippen molar-refractivity contribution in [2.75, 3.05) is 39.6 Å². The summed E-state index contributed by atoms with van der Waals surface area (Å²) in [6, 6.07) is 0. The summed E-state index contributed by atoms with van der Waals surface area (Å²) in [5.41, 5.74) is 0. The van der Waals surface area contributed by atoms with Crippen molar-refractivity contribution in [2.24, 2.45) is 0 Å². The lowest BCUT2D eigenvalue weighted by atomic mass is 9.99. The first-order valence-electron chi connectivity index (χ1n) is 14.0. The second-order valence-electron chi connectivity index (χ2n) is 11.0. The molecule has 266 valence electrons. The Morgan fingerprint density at radius 3 is 1.58 bits per heavy atom. The number of rotatable bonds is 15. The van der Waals surface area contributed by atoms with Gasteiger partial charge in [-0.2, -0.15) is 0 Å². The molecule has 0 amide bonds. The zero-order valence-corrected chi connectivity index (χ0v) is 23.7. The lowest BCUT2D eigenvalue weighted by molar-refractivity contribution is -0.336. The molecular formula is C24H44O21. The molecular weight excluding hydrogens is 624 g/mol. The fourth-order valence-electron chi connectivity index (χ4n) is 5.08. The maximum Gasteiger partial charge on any atom is 0.222 e. The van der Waals surface area contributed by atoms with E-state index < -0.39 is 150 Å². The Hall–Kier alpha value is -0.840. The molecule has 0 bridgehead atoms. The maximum absolute atomic E-state index is 10.9. The van der Waals surface area contributed by atoms with E-state index in [4.69, 9.17) is 28.4 Å². The Labute approximate surface area is 255 Å². The first-order chi connectivity index (χ1) is 21.2. The molecule has 0 aromatic rings. The van der Waals surface area contributed by atoms with Crippen LogP contribution in [0.2, 0.25) is 0 Å². The minimum absolute atomic E-state index is 0.735. The maximum atomic E-state index is 10.9. The standard InChI is InChI=1S/C24H44O21/c25-1-7(29)12(31)20(8(30)4-40-22-18(37)16(35)13(32)9(2-26)42-22)45-24(6-28)21(39)15(34)11(44-24)5-41-23-19(38)17(36)14(33)10(3-27)43-23/h7-23,25-39H,1-6H2/t7?,8-,9?,10?,11-,12-,13+,14+,15+,16+,17+,18?,19?,20-,21?,22-,23-,24-/m1/s1. The van der Waals surface area contributed by atoms with Crippen molar-refractivity contribution in [2.45, 2.75) is 110 Å². The fraction of sp³-hybridized carbons (Fsp3) is 1.00. The monoisotopic (exact) mass is 668 g/mol. The molecule has 0 aromatic heterocycles. The van der Waals surface area contributed by atoms with E-state index in [1.54, 1.807) is 0 Å². The number of hydrogen-bond acceptors (Lipinski definition) is 21. The Morgan fingerprint density at radius 2 is 1.11 bits per heavy atom. The third-order valence-corrected chi connectivity index (χ3v) is 7.91. The molecule has 3 rings (SSSR count). The minimum Gasteiger partial charge on any atom is -0.394 e. The molecule has 3 aliphatic rings. The van der Waals surface area contributed by atoms with Crippen molar-refractivity contribution in [1.82, 2.24) is 0 Å². The van der Waals surface area contributed by atoms with Crippen LogP contribution in [0.1, 0.15) is 0 Å². The molecule has 0 aliphatic carbocycles. The average Bonchev–Trinajstić information content (AvgIpc) is 3.28. The number of aliphatic hydroxyl groups is 15. The molecule has 3 heterocycles. The topological polar surface area (TPSA) is 359 Å². The Kier molecular flexibility index (Phi) is 14.2. The highest BCUT2D eigenvalue weighted by Gasteiger charge is 2.58. The van der Waals surface area contributed by atoms with Gasteiger partial charge in [-0.25, -0.2) is 0 Å². The highest BCUT2D eigenvalue weighted by atomic mass is 16.8. The highest BCUT2D eigenvalue weighted by molar-refractivity contribution is 4.99. The number of aliphatic hydroxyl groups excluding tert-OH is 15. The molecule has 45 heavy (non-hydrogen) atoms. The van der Waals surface area contributed by atoms with Crippen molar-refractivity contribution < 1.29 is 105 Å². The molecule has 3 saturated heterocycles. The molecule has 0 aromatic carbocycles. The zero-order valence-electron chi connectivity index (χ0n) is 23.7. The van der Waals surface area contributed by atoms with E-state index in [1.807, 2.05) is 0 Å². The SMILES string of the molecule is OCC(O)[C@@H](O)[C@H](O[C@@]1(CO)O[C@H](CO[C@@H]2OC(CO)[C@H](O)[C@H](O)C2O)[C@H](O)C1O)[C@H](O)CO[C@@H]1OC(CO)[C@H](O)[C@H](O)C1O. The molecule has 18 atom stereocenters. The number of ether oxygens (including phenoxy) is 6. The largest absolute Gasteiger partial charge is 0.394 e. The van der Waals surface area contributed by atoms with Crippen LogP contribution in [-0.2, 0) is 28.4 Å². The van der Waals surface area contributed by atoms with Gasteiger partial charge in [0.15, 0.2) is 12.6 Å². The number of hydrogen-bond donors (Lipinski definition) is 15. The van der Waals surface area contributed by atoms with Gasteiger partial charge in [0, 0.05) is 0 Å². The summed E-state index contributed by atoms with van der Waals surface area (Å²) >= 11 is 0. The first kappa shape index (κ1) is 38.6. The molecule has 6 unspecified atom stereocenters. The second kappa shape index (κ2) is 16.5. The molecule has 15 N–H and O–H groups in total. The minimum atomic E-state index is -2.66. The lowest BCUT2D eigenvalue weighted by Crippen LogP contribution is -2.60. The van der Waals surface area contributed by atoms with Gasteiger partial charge in [0.05, 0.1) is 33.0 Å². The third kappa shape index (κ3) is 8.25. The Balaban J connectivity index is 1.73. The van der Waals surface area contributed by atoms with Crippen molar-refractivity contribution in [1.29, 1.82) is 0 Å². The van der Waals surface area contributed by atoms with E-state index in [2.05, 4.69) is 0 Å². The van der Waals surface area contributed by atoms with Gasteiger partial charge >= 0.3 is 0 Å². The van der Waals surface area contributed by atoms with Crippen molar-refractivity contribution in [3.63, 3.8) is 0 Å². The summed E-state index contributed by atoms with van der Waals surface area (Å²) in [5.74, 6) is -2.66. The van der Waals surface area contributed by atoms with Crippen LogP contribution in [-0.4, -0.2) is 226 Å². The average molecular weight is 669 g/mol. The van der Waals surface area contributed by atoms with Crippen molar-refractivity contribution >= 4 is 0 Å². The molecule has 0 saturated carbocycles. The Morgan fingerprint density at radius 1 is 0.600 bits per heavy atom. The predicted molar refractivity (Wildman–Crippen MR) is 136 cm³/mol.